The Labute approximate surface area is 148 Å². The van der Waals surface area contributed by atoms with Gasteiger partial charge in [-0.15, -0.1) is 0 Å². The summed E-state index contributed by atoms with van der Waals surface area (Å²) >= 11 is 0. The highest BCUT2D eigenvalue weighted by molar-refractivity contribution is 7.60. The third-order valence-corrected chi connectivity index (χ3v) is 4.89. The molecule has 0 saturated carbocycles. The minimum atomic E-state index is -5.91. The monoisotopic (exact) mass is 423 g/mol. The fraction of sp³-hybridized carbons (Fsp3) is 0.600. The summed E-state index contributed by atoms with van der Waals surface area (Å²) in [6.45, 7) is -2.82. The fourth-order valence-corrected chi connectivity index (χ4v) is 3.35. The predicted molar refractivity (Wildman–Crippen MR) is 79.6 cm³/mol. The summed E-state index contributed by atoms with van der Waals surface area (Å²) in [6, 6.07) is 0. The van der Waals surface area contributed by atoms with Crippen LogP contribution < -0.4 is 11.2 Å². The van der Waals surface area contributed by atoms with Crippen molar-refractivity contribution in [2.75, 3.05) is 6.56 Å². The number of ether oxygens (including phenoxy) is 1. The standard InChI is InChI=1S/C10H15FN2O11P2/c1-5-3-13(9(16)12-7(5)15)8-6(14)2-10(11,23-8)4-22-26(20,21)24-25(17,18)19/h3,6,8,14H,2,4H2,1H3,(H,20,21)(H,12,15,16)(H2,17,18,19)/t6-,8-,10+/m1/s1/i4D2,8D. The van der Waals surface area contributed by atoms with Gasteiger partial charge in [0.2, 0.25) is 5.85 Å². The molecule has 1 aromatic heterocycles. The van der Waals surface area contributed by atoms with Crippen molar-refractivity contribution in [3.8, 4) is 0 Å². The normalized spacial score (nSPS) is 33.9. The molecule has 0 aliphatic carbocycles. The minimum absolute atomic E-state index is 0.155. The lowest BCUT2D eigenvalue weighted by Crippen LogP contribution is -2.36. The zero-order valence-corrected chi connectivity index (χ0v) is 14.5. The van der Waals surface area contributed by atoms with Crippen molar-refractivity contribution in [2.45, 2.75) is 31.5 Å². The summed E-state index contributed by atoms with van der Waals surface area (Å²) in [5, 5.41) is 10.1. The lowest BCUT2D eigenvalue weighted by Gasteiger charge is -2.22. The molecule has 0 radical (unpaired) electrons. The summed E-state index contributed by atoms with van der Waals surface area (Å²) in [7, 11) is -11.6. The van der Waals surface area contributed by atoms with Gasteiger partial charge in [0.05, 0.1) is 4.11 Å². The third-order valence-electron chi connectivity index (χ3n) is 2.89. The molecule has 148 valence electrons. The number of aromatic amines is 1. The summed E-state index contributed by atoms with van der Waals surface area (Å²) in [6.07, 6.45) is -6.02. The Hall–Kier alpha value is -1.21. The van der Waals surface area contributed by atoms with Gasteiger partial charge in [-0.05, 0) is 6.92 Å². The largest absolute Gasteiger partial charge is 0.481 e. The van der Waals surface area contributed by atoms with Crippen molar-refractivity contribution in [2.24, 2.45) is 0 Å². The molecule has 1 unspecified atom stereocenters. The van der Waals surface area contributed by atoms with E-state index < -0.39 is 58.0 Å². The SMILES string of the molecule is [2H]C([2H])(OP(=O)(O)OP(=O)(O)O)[C@]1(F)C[C@@H](O)[C@]([2H])(n2cc(C)c(=O)[nH]c2=O)O1. The minimum Gasteiger partial charge on any atom is -0.388 e. The van der Waals surface area contributed by atoms with Crippen LogP contribution in [0.3, 0.4) is 0 Å². The molecular formula is C10H15FN2O11P2. The molecule has 5 N–H and O–H groups in total. The highest BCUT2D eigenvalue weighted by atomic mass is 31.3. The number of phosphoric acid groups is 2. The van der Waals surface area contributed by atoms with Gasteiger partial charge in [-0.3, -0.25) is 18.9 Å². The molecule has 0 bridgehead atoms. The number of nitrogens with zero attached hydrogens (tertiary/aromatic N) is 1. The molecule has 1 aliphatic rings. The first-order chi connectivity index (χ1) is 12.8. The number of aliphatic hydroxyl groups is 1. The van der Waals surface area contributed by atoms with Gasteiger partial charge in [-0.1, -0.05) is 0 Å². The number of aryl methyl sites for hydroxylation is 1. The molecule has 1 aliphatic heterocycles. The second-order valence-corrected chi connectivity index (χ2v) is 7.82. The number of hydrogen-bond donors (Lipinski definition) is 5. The van der Waals surface area contributed by atoms with Crippen LogP contribution in [-0.2, 0) is 22.7 Å². The van der Waals surface area contributed by atoms with Crippen molar-refractivity contribution in [3.63, 3.8) is 0 Å². The smallest absolute Gasteiger partial charge is 0.388 e. The molecule has 0 spiro atoms. The van der Waals surface area contributed by atoms with Gasteiger partial charge >= 0.3 is 21.3 Å². The van der Waals surface area contributed by atoms with E-state index in [0.29, 0.717) is 0 Å². The Morgan fingerprint density at radius 2 is 2.15 bits per heavy atom. The molecule has 1 aromatic rings. The van der Waals surface area contributed by atoms with Crippen LogP contribution in [0.1, 0.15) is 22.3 Å². The topological polar surface area (TPSA) is 198 Å². The number of H-pyrrole nitrogens is 1. The van der Waals surface area contributed by atoms with E-state index in [0.717, 1.165) is 6.20 Å². The van der Waals surface area contributed by atoms with Crippen molar-refractivity contribution >= 4 is 15.6 Å². The first-order valence-electron chi connectivity index (χ1n) is 8.03. The number of phosphoric ester groups is 1. The van der Waals surface area contributed by atoms with Crippen molar-refractivity contribution < 1.29 is 51.0 Å². The van der Waals surface area contributed by atoms with Gasteiger partial charge in [-0.25, -0.2) is 18.3 Å². The zero-order valence-electron chi connectivity index (χ0n) is 15.7. The number of alkyl halides is 1. The Morgan fingerprint density at radius 1 is 1.54 bits per heavy atom. The van der Waals surface area contributed by atoms with Crippen LogP contribution in [-0.4, -0.2) is 47.9 Å². The maximum Gasteiger partial charge on any atom is 0.481 e. The van der Waals surface area contributed by atoms with Gasteiger partial charge in [0.25, 0.3) is 5.56 Å². The Morgan fingerprint density at radius 3 is 2.73 bits per heavy atom. The van der Waals surface area contributed by atoms with E-state index in [1.165, 1.54) is 6.92 Å². The number of rotatable bonds is 6. The molecule has 0 amide bonds. The van der Waals surface area contributed by atoms with Gasteiger partial charge in [0.1, 0.15) is 12.7 Å². The highest BCUT2D eigenvalue weighted by Gasteiger charge is 2.50. The second kappa shape index (κ2) is 7.08. The van der Waals surface area contributed by atoms with Crippen LogP contribution >= 0.6 is 15.6 Å². The van der Waals surface area contributed by atoms with Crippen LogP contribution in [0.25, 0.3) is 0 Å². The lowest BCUT2D eigenvalue weighted by molar-refractivity contribution is -0.178. The molecule has 0 aromatic carbocycles. The maximum absolute atomic E-state index is 15.1. The second-order valence-electron chi connectivity index (χ2n) is 5.06. The number of nitrogens with one attached hydrogen (secondary N) is 1. The van der Waals surface area contributed by atoms with Crippen LogP contribution in [0.5, 0.6) is 0 Å². The summed E-state index contributed by atoms with van der Waals surface area (Å²) < 4.78 is 72.3. The Kier molecular flexibility index (Phi) is 4.61. The molecule has 26 heavy (non-hydrogen) atoms. The molecule has 16 heteroatoms. The molecule has 1 saturated heterocycles. The Bertz CT molecular complexity index is 1030. The molecular weight excluding hydrogens is 405 g/mol. The zero-order chi connectivity index (χ0) is 22.6. The molecule has 4 atom stereocenters. The Balaban J connectivity index is 2.43. The van der Waals surface area contributed by atoms with E-state index in [1.807, 2.05) is 0 Å². The quantitative estimate of drug-likeness (QED) is 0.352. The van der Waals surface area contributed by atoms with Crippen molar-refractivity contribution in [3.05, 3.63) is 32.6 Å². The molecule has 2 heterocycles. The number of aromatic nitrogens is 2. The van der Waals surface area contributed by atoms with E-state index in [-0.39, 0.29) is 10.1 Å². The summed E-state index contributed by atoms with van der Waals surface area (Å²) in [5.74, 6) is -3.88. The van der Waals surface area contributed by atoms with Gasteiger partial charge in [0, 0.05) is 18.2 Å². The molecule has 1 fully saturated rings. The van der Waals surface area contributed by atoms with E-state index >= 15 is 4.39 Å². The lowest BCUT2D eigenvalue weighted by atomic mass is 10.2. The van der Waals surface area contributed by atoms with Crippen molar-refractivity contribution in [1.82, 2.24) is 9.55 Å². The van der Waals surface area contributed by atoms with E-state index in [4.69, 9.17) is 13.9 Å². The van der Waals surface area contributed by atoms with Crippen LogP contribution in [0.15, 0.2) is 15.8 Å². The van der Waals surface area contributed by atoms with Gasteiger partial charge < -0.3 is 24.5 Å². The average molecular weight is 423 g/mol. The molecule has 13 nitrogen and oxygen atoms in total. The number of halogens is 1. The van der Waals surface area contributed by atoms with Crippen LogP contribution in [0.4, 0.5) is 4.39 Å². The van der Waals surface area contributed by atoms with Crippen LogP contribution in [0, 0.1) is 6.92 Å². The first-order valence-corrected chi connectivity index (χ1v) is 9.55. The van der Waals surface area contributed by atoms with Crippen LogP contribution in [0.2, 0.25) is 0 Å². The summed E-state index contributed by atoms with van der Waals surface area (Å²) in [5.41, 5.74) is -2.33. The molecule has 2 rings (SSSR count). The first kappa shape index (κ1) is 16.9. The van der Waals surface area contributed by atoms with Gasteiger partial charge in [0.15, 0.2) is 6.20 Å². The third kappa shape index (κ3) is 5.16. The average Bonchev–Trinajstić information content (AvgIpc) is 2.71. The number of hydrogen-bond acceptors (Lipinski definition) is 8. The predicted octanol–water partition coefficient (Wildman–Crippen LogP) is -0.983. The maximum atomic E-state index is 15.1. The summed E-state index contributed by atoms with van der Waals surface area (Å²) in [4.78, 5) is 51.4. The van der Waals surface area contributed by atoms with Gasteiger partial charge in [-0.2, -0.15) is 4.31 Å². The van der Waals surface area contributed by atoms with E-state index in [2.05, 4.69) is 13.6 Å². The van der Waals surface area contributed by atoms with E-state index in [9.17, 15) is 28.7 Å². The number of aliphatic hydroxyl groups excluding tert-OH is 1. The highest BCUT2D eigenvalue weighted by Crippen LogP contribution is 2.58. The fourth-order valence-electron chi connectivity index (χ4n) is 1.89. The van der Waals surface area contributed by atoms with Crippen molar-refractivity contribution in [1.29, 1.82) is 0 Å². The van der Waals surface area contributed by atoms with E-state index in [1.54, 1.807) is 4.98 Å².